The van der Waals surface area contributed by atoms with Gasteiger partial charge in [0.25, 0.3) is 0 Å². The predicted octanol–water partition coefficient (Wildman–Crippen LogP) is 2.13. The van der Waals surface area contributed by atoms with Gasteiger partial charge in [0.2, 0.25) is 5.91 Å². The van der Waals surface area contributed by atoms with Crippen molar-refractivity contribution in [3.05, 3.63) is 35.9 Å². The van der Waals surface area contributed by atoms with Gasteiger partial charge in [-0.25, -0.2) is 0 Å². The molecule has 4 heteroatoms. The van der Waals surface area contributed by atoms with Crippen LogP contribution in [-0.4, -0.2) is 41.7 Å². The van der Waals surface area contributed by atoms with Crippen LogP contribution in [0.2, 0.25) is 0 Å². The number of nitrogens with one attached hydrogen (secondary N) is 1. The molecule has 1 amide bonds. The largest absolute Gasteiger partial charge is 0.351 e. The number of carbonyl (C=O) groups excluding carboxylic acids is 1. The number of likely N-dealkylation sites (tertiary alicyclic amines) is 1. The van der Waals surface area contributed by atoms with Crippen LogP contribution in [0.4, 0.5) is 0 Å². The maximum Gasteiger partial charge on any atom is 0.233 e. The van der Waals surface area contributed by atoms with E-state index in [4.69, 9.17) is 0 Å². The standard InChI is InChI=1S/C16H24N2OS/c1-2-18-10-6-9-14(12-18)17-16(19)15(20)11-13-7-4-3-5-8-13/h3-5,7-8,14-15,20H,2,6,9-12H2,1H3,(H,17,19). The van der Waals surface area contributed by atoms with E-state index < -0.39 is 0 Å². The second-order valence-corrected chi connectivity index (χ2v) is 6.07. The SMILES string of the molecule is CCN1CCCC(NC(=O)C(S)Cc2ccccc2)C1. The maximum atomic E-state index is 12.2. The molecule has 20 heavy (non-hydrogen) atoms. The molecule has 2 unspecified atom stereocenters. The van der Waals surface area contributed by atoms with Crippen LogP contribution in [0.1, 0.15) is 25.3 Å². The Bertz CT molecular complexity index is 424. The molecule has 0 bridgehead atoms. The van der Waals surface area contributed by atoms with E-state index in [0.29, 0.717) is 6.42 Å². The van der Waals surface area contributed by atoms with Crippen LogP contribution >= 0.6 is 12.6 Å². The number of hydrogen-bond donors (Lipinski definition) is 2. The summed E-state index contributed by atoms with van der Waals surface area (Å²) in [7, 11) is 0. The molecule has 1 saturated heterocycles. The Labute approximate surface area is 127 Å². The number of hydrogen-bond acceptors (Lipinski definition) is 3. The molecular weight excluding hydrogens is 268 g/mol. The quantitative estimate of drug-likeness (QED) is 0.815. The van der Waals surface area contributed by atoms with Crippen molar-refractivity contribution in [3.63, 3.8) is 0 Å². The minimum Gasteiger partial charge on any atom is -0.351 e. The summed E-state index contributed by atoms with van der Waals surface area (Å²) >= 11 is 4.46. The molecular formula is C16H24N2OS. The second kappa shape index (κ2) is 7.70. The highest BCUT2D eigenvalue weighted by molar-refractivity contribution is 7.81. The summed E-state index contributed by atoms with van der Waals surface area (Å²) in [6.07, 6.45) is 2.92. The normalized spacial score (nSPS) is 21.4. The zero-order valence-electron chi connectivity index (χ0n) is 12.1. The van der Waals surface area contributed by atoms with Crippen molar-refractivity contribution in [2.75, 3.05) is 19.6 Å². The van der Waals surface area contributed by atoms with Gasteiger partial charge in [0, 0.05) is 12.6 Å². The summed E-state index contributed by atoms with van der Waals surface area (Å²) < 4.78 is 0. The first-order chi connectivity index (χ1) is 9.69. The van der Waals surface area contributed by atoms with Crippen LogP contribution in [-0.2, 0) is 11.2 Å². The smallest absolute Gasteiger partial charge is 0.233 e. The highest BCUT2D eigenvalue weighted by Crippen LogP contribution is 2.12. The lowest BCUT2D eigenvalue weighted by atomic mass is 10.0. The summed E-state index contributed by atoms with van der Waals surface area (Å²) in [6, 6.07) is 10.3. The van der Waals surface area contributed by atoms with Gasteiger partial charge in [-0.15, -0.1) is 0 Å². The van der Waals surface area contributed by atoms with Gasteiger partial charge in [0.15, 0.2) is 0 Å². The van der Waals surface area contributed by atoms with Crippen molar-refractivity contribution >= 4 is 18.5 Å². The van der Waals surface area contributed by atoms with Crippen LogP contribution in [0, 0.1) is 0 Å². The van der Waals surface area contributed by atoms with E-state index in [9.17, 15) is 4.79 Å². The number of thiol groups is 1. The minimum absolute atomic E-state index is 0.0557. The third kappa shape index (κ3) is 4.53. The first-order valence-corrected chi connectivity index (χ1v) is 7.95. The molecule has 1 N–H and O–H groups in total. The van der Waals surface area contributed by atoms with E-state index in [0.717, 1.165) is 38.0 Å². The summed E-state index contributed by atoms with van der Waals surface area (Å²) in [5.74, 6) is 0.0557. The Balaban J connectivity index is 1.81. The Morgan fingerprint density at radius 2 is 2.20 bits per heavy atom. The van der Waals surface area contributed by atoms with Crippen LogP contribution in [0.15, 0.2) is 30.3 Å². The van der Waals surface area contributed by atoms with Crippen molar-refractivity contribution in [1.82, 2.24) is 10.2 Å². The number of nitrogens with zero attached hydrogens (tertiary/aromatic N) is 1. The van der Waals surface area contributed by atoms with E-state index in [-0.39, 0.29) is 17.2 Å². The van der Waals surface area contributed by atoms with E-state index in [1.807, 2.05) is 30.3 Å². The molecule has 0 radical (unpaired) electrons. The first-order valence-electron chi connectivity index (χ1n) is 7.43. The van der Waals surface area contributed by atoms with Crippen LogP contribution in [0.5, 0.6) is 0 Å². The summed E-state index contributed by atoms with van der Waals surface area (Å²) in [6.45, 7) is 5.34. The Morgan fingerprint density at radius 1 is 1.45 bits per heavy atom. The van der Waals surface area contributed by atoms with Crippen molar-refractivity contribution in [1.29, 1.82) is 0 Å². The zero-order chi connectivity index (χ0) is 14.4. The molecule has 1 heterocycles. The zero-order valence-corrected chi connectivity index (χ0v) is 13.0. The lowest BCUT2D eigenvalue weighted by molar-refractivity contribution is -0.121. The van der Waals surface area contributed by atoms with Crippen molar-refractivity contribution in [3.8, 4) is 0 Å². The van der Waals surface area contributed by atoms with Gasteiger partial charge in [-0.3, -0.25) is 4.79 Å². The molecule has 1 aliphatic rings. The molecule has 0 saturated carbocycles. The first kappa shape index (κ1) is 15.4. The Kier molecular flexibility index (Phi) is 5.92. The summed E-state index contributed by atoms with van der Waals surface area (Å²) in [4.78, 5) is 14.6. The molecule has 3 nitrogen and oxygen atoms in total. The lowest BCUT2D eigenvalue weighted by Crippen LogP contribution is -2.49. The summed E-state index contributed by atoms with van der Waals surface area (Å²) in [5.41, 5.74) is 1.15. The molecule has 1 aromatic carbocycles. The molecule has 2 atom stereocenters. The number of rotatable bonds is 5. The second-order valence-electron chi connectivity index (χ2n) is 5.45. The maximum absolute atomic E-state index is 12.2. The van der Waals surface area contributed by atoms with Gasteiger partial charge in [-0.2, -0.15) is 12.6 Å². The number of carbonyl (C=O) groups is 1. The fourth-order valence-corrected chi connectivity index (χ4v) is 2.97. The molecule has 0 aromatic heterocycles. The number of amides is 1. The van der Waals surface area contributed by atoms with Crippen LogP contribution in [0.25, 0.3) is 0 Å². The lowest BCUT2D eigenvalue weighted by Gasteiger charge is -2.32. The molecule has 1 aromatic rings. The van der Waals surface area contributed by atoms with Gasteiger partial charge in [-0.05, 0) is 37.9 Å². The fraction of sp³-hybridized carbons (Fsp3) is 0.562. The van der Waals surface area contributed by atoms with E-state index in [1.165, 1.54) is 0 Å². The van der Waals surface area contributed by atoms with Gasteiger partial charge < -0.3 is 10.2 Å². The monoisotopic (exact) mass is 292 g/mol. The van der Waals surface area contributed by atoms with Crippen molar-refractivity contribution in [2.45, 2.75) is 37.5 Å². The van der Waals surface area contributed by atoms with Gasteiger partial charge >= 0.3 is 0 Å². The van der Waals surface area contributed by atoms with E-state index in [1.54, 1.807) is 0 Å². The molecule has 1 aliphatic heterocycles. The number of benzene rings is 1. The Morgan fingerprint density at radius 3 is 2.90 bits per heavy atom. The number of piperidine rings is 1. The van der Waals surface area contributed by atoms with Crippen molar-refractivity contribution < 1.29 is 4.79 Å². The average molecular weight is 292 g/mol. The Hall–Kier alpha value is -1.00. The molecule has 110 valence electrons. The molecule has 0 spiro atoms. The van der Waals surface area contributed by atoms with Crippen molar-refractivity contribution in [2.24, 2.45) is 0 Å². The predicted molar refractivity (Wildman–Crippen MR) is 86.2 cm³/mol. The molecule has 2 rings (SSSR count). The van der Waals surface area contributed by atoms with Gasteiger partial charge in [0.1, 0.15) is 0 Å². The third-order valence-electron chi connectivity index (χ3n) is 3.87. The third-order valence-corrected chi connectivity index (χ3v) is 4.29. The van der Waals surface area contributed by atoms with E-state index in [2.05, 4.69) is 29.8 Å². The van der Waals surface area contributed by atoms with E-state index >= 15 is 0 Å². The fourth-order valence-electron chi connectivity index (χ4n) is 2.69. The molecule has 0 aliphatic carbocycles. The molecule has 1 fully saturated rings. The summed E-state index contributed by atoms with van der Waals surface area (Å²) in [5, 5.41) is 2.88. The minimum atomic E-state index is -0.269. The van der Waals surface area contributed by atoms with Gasteiger partial charge in [-0.1, -0.05) is 37.3 Å². The van der Waals surface area contributed by atoms with Crippen LogP contribution < -0.4 is 5.32 Å². The van der Waals surface area contributed by atoms with Gasteiger partial charge in [0.05, 0.1) is 5.25 Å². The highest BCUT2D eigenvalue weighted by atomic mass is 32.1. The topological polar surface area (TPSA) is 32.3 Å². The highest BCUT2D eigenvalue weighted by Gasteiger charge is 2.23. The van der Waals surface area contributed by atoms with Crippen LogP contribution in [0.3, 0.4) is 0 Å². The average Bonchev–Trinajstić information content (AvgIpc) is 2.48. The number of likely N-dealkylation sites (N-methyl/N-ethyl adjacent to an activating group) is 1.